The molecule has 0 aromatic carbocycles. The first-order valence-electron chi connectivity index (χ1n) is 5.47. The van der Waals surface area contributed by atoms with Gasteiger partial charge in [-0.25, -0.2) is 4.98 Å². The summed E-state index contributed by atoms with van der Waals surface area (Å²) in [6.45, 7) is 7.36. The number of thioether (sulfide) groups is 1. The zero-order valence-electron chi connectivity index (χ0n) is 9.81. The summed E-state index contributed by atoms with van der Waals surface area (Å²) >= 11 is 1.95. The highest BCUT2D eigenvalue weighted by molar-refractivity contribution is 7.99. The van der Waals surface area contributed by atoms with Gasteiger partial charge < -0.3 is 10.3 Å². The van der Waals surface area contributed by atoms with Crippen molar-refractivity contribution in [3.63, 3.8) is 0 Å². The quantitative estimate of drug-likeness (QED) is 0.811. The Labute approximate surface area is 96.5 Å². The highest BCUT2D eigenvalue weighted by atomic mass is 32.2. The second-order valence-electron chi connectivity index (χ2n) is 4.08. The highest BCUT2D eigenvalue weighted by Crippen LogP contribution is 2.21. The molecular formula is C11H21N3S. The molecule has 0 saturated carbocycles. The van der Waals surface area contributed by atoms with Crippen LogP contribution in [-0.4, -0.2) is 21.3 Å². The van der Waals surface area contributed by atoms with Crippen LogP contribution in [0.2, 0.25) is 0 Å². The molecule has 3 nitrogen and oxygen atoms in total. The summed E-state index contributed by atoms with van der Waals surface area (Å²) in [5.41, 5.74) is 6.83. The average molecular weight is 227 g/mol. The van der Waals surface area contributed by atoms with Crippen LogP contribution in [0.1, 0.15) is 38.9 Å². The van der Waals surface area contributed by atoms with E-state index in [2.05, 4.69) is 30.3 Å². The van der Waals surface area contributed by atoms with Crippen molar-refractivity contribution in [1.29, 1.82) is 0 Å². The molecule has 1 atom stereocenters. The maximum atomic E-state index is 5.53. The Morgan fingerprint density at radius 1 is 1.47 bits per heavy atom. The average Bonchev–Trinajstić information content (AvgIpc) is 2.63. The molecule has 1 aromatic rings. The number of hydrogen-bond acceptors (Lipinski definition) is 3. The Morgan fingerprint density at radius 2 is 2.20 bits per heavy atom. The molecule has 0 bridgehead atoms. The standard InChI is InChI=1S/C11H21N3S/c1-9(2)14-8-13-6-11(14)7-15-10(3)4-5-12/h6,8-10H,4-5,7,12H2,1-3H3. The van der Waals surface area contributed by atoms with Crippen LogP contribution >= 0.6 is 11.8 Å². The van der Waals surface area contributed by atoms with Crippen molar-refractivity contribution in [1.82, 2.24) is 9.55 Å². The van der Waals surface area contributed by atoms with Crippen molar-refractivity contribution in [2.75, 3.05) is 6.54 Å². The number of rotatable bonds is 6. The molecule has 1 heterocycles. The number of imidazole rings is 1. The maximum absolute atomic E-state index is 5.53. The second-order valence-corrected chi connectivity index (χ2v) is 5.51. The van der Waals surface area contributed by atoms with Gasteiger partial charge in [0.05, 0.1) is 6.33 Å². The van der Waals surface area contributed by atoms with Crippen molar-refractivity contribution < 1.29 is 0 Å². The van der Waals surface area contributed by atoms with Crippen molar-refractivity contribution in [3.8, 4) is 0 Å². The van der Waals surface area contributed by atoms with Gasteiger partial charge in [-0.3, -0.25) is 0 Å². The lowest BCUT2D eigenvalue weighted by molar-refractivity contribution is 0.583. The van der Waals surface area contributed by atoms with Crippen molar-refractivity contribution in [3.05, 3.63) is 18.2 Å². The predicted molar refractivity (Wildman–Crippen MR) is 67.0 cm³/mol. The summed E-state index contributed by atoms with van der Waals surface area (Å²) < 4.78 is 2.22. The third kappa shape index (κ3) is 3.87. The summed E-state index contributed by atoms with van der Waals surface area (Å²) in [7, 11) is 0. The van der Waals surface area contributed by atoms with Crippen LogP contribution in [0.5, 0.6) is 0 Å². The van der Waals surface area contributed by atoms with Crippen molar-refractivity contribution in [2.24, 2.45) is 5.73 Å². The molecule has 0 aliphatic heterocycles. The van der Waals surface area contributed by atoms with E-state index in [-0.39, 0.29) is 0 Å². The molecule has 0 fully saturated rings. The first-order chi connectivity index (χ1) is 7.15. The van der Waals surface area contributed by atoms with Crippen LogP contribution in [0.3, 0.4) is 0 Å². The fourth-order valence-corrected chi connectivity index (χ4v) is 2.44. The van der Waals surface area contributed by atoms with Crippen LogP contribution in [-0.2, 0) is 5.75 Å². The Kier molecular flexibility index (Phi) is 5.19. The third-order valence-electron chi connectivity index (χ3n) is 2.39. The van der Waals surface area contributed by atoms with Crippen LogP contribution in [0.25, 0.3) is 0 Å². The molecule has 0 radical (unpaired) electrons. The van der Waals surface area contributed by atoms with Gasteiger partial charge in [-0.15, -0.1) is 0 Å². The predicted octanol–water partition coefficient (Wildman–Crippen LogP) is 2.43. The van der Waals surface area contributed by atoms with Crippen LogP contribution in [0, 0.1) is 0 Å². The first-order valence-corrected chi connectivity index (χ1v) is 6.52. The molecule has 0 spiro atoms. The summed E-state index contributed by atoms with van der Waals surface area (Å²) in [4.78, 5) is 4.19. The highest BCUT2D eigenvalue weighted by Gasteiger charge is 2.07. The second kappa shape index (κ2) is 6.18. The van der Waals surface area contributed by atoms with Gasteiger partial charge >= 0.3 is 0 Å². The summed E-state index contributed by atoms with van der Waals surface area (Å²) in [5, 5.41) is 0.630. The molecular weight excluding hydrogens is 206 g/mol. The lowest BCUT2D eigenvalue weighted by Crippen LogP contribution is -2.08. The maximum Gasteiger partial charge on any atom is 0.0950 e. The lowest BCUT2D eigenvalue weighted by atomic mass is 10.3. The number of nitrogens with two attached hydrogens (primary N) is 1. The van der Waals surface area contributed by atoms with E-state index in [0.717, 1.165) is 18.7 Å². The van der Waals surface area contributed by atoms with Gasteiger partial charge in [0, 0.05) is 28.9 Å². The minimum atomic E-state index is 0.493. The van der Waals surface area contributed by atoms with Gasteiger partial charge in [0.1, 0.15) is 0 Å². The Balaban J connectivity index is 2.46. The SMILES string of the molecule is CC(CCN)SCc1cncn1C(C)C. The van der Waals surface area contributed by atoms with E-state index in [0.29, 0.717) is 11.3 Å². The van der Waals surface area contributed by atoms with E-state index in [1.165, 1.54) is 5.69 Å². The minimum Gasteiger partial charge on any atom is -0.331 e. The summed E-state index contributed by atoms with van der Waals surface area (Å²) in [6.07, 6.45) is 4.96. The van der Waals surface area contributed by atoms with Gasteiger partial charge in [-0.1, -0.05) is 6.92 Å². The van der Waals surface area contributed by atoms with Crippen molar-refractivity contribution in [2.45, 2.75) is 44.2 Å². The normalized spacial score (nSPS) is 13.4. The fraction of sp³-hybridized carbons (Fsp3) is 0.727. The van der Waals surface area contributed by atoms with Crippen LogP contribution in [0.4, 0.5) is 0 Å². The van der Waals surface area contributed by atoms with Crippen LogP contribution in [0.15, 0.2) is 12.5 Å². The van der Waals surface area contributed by atoms with Gasteiger partial charge in [-0.2, -0.15) is 11.8 Å². The van der Waals surface area contributed by atoms with Crippen molar-refractivity contribution >= 4 is 11.8 Å². The van der Waals surface area contributed by atoms with Crippen LogP contribution < -0.4 is 5.73 Å². The zero-order chi connectivity index (χ0) is 11.3. The number of hydrogen-bond donors (Lipinski definition) is 1. The molecule has 1 aromatic heterocycles. The first kappa shape index (κ1) is 12.6. The molecule has 1 unspecified atom stereocenters. The molecule has 4 heteroatoms. The topological polar surface area (TPSA) is 43.8 Å². The molecule has 0 amide bonds. The van der Waals surface area contributed by atoms with E-state index >= 15 is 0 Å². The number of aromatic nitrogens is 2. The third-order valence-corrected chi connectivity index (χ3v) is 3.66. The van der Waals surface area contributed by atoms with E-state index < -0.39 is 0 Å². The smallest absolute Gasteiger partial charge is 0.0950 e. The molecule has 86 valence electrons. The number of nitrogens with zero attached hydrogens (tertiary/aromatic N) is 2. The van der Waals surface area contributed by atoms with E-state index in [9.17, 15) is 0 Å². The largest absolute Gasteiger partial charge is 0.331 e. The summed E-state index contributed by atoms with van der Waals surface area (Å²) in [6, 6.07) is 0.493. The van der Waals surface area contributed by atoms with Gasteiger partial charge in [-0.05, 0) is 26.8 Å². The molecule has 2 N–H and O–H groups in total. The Morgan fingerprint density at radius 3 is 2.80 bits per heavy atom. The van der Waals surface area contributed by atoms with Gasteiger partial charge in [0.25, 0.3) is 0 Å². The lowest BCUT2D eigenvalue weighted by Gasteiger charge is -2.13. The van der Waals surface area contributed by atoms with E-state index in [1.807, 2.05) is 24.3 Å². The fourth-order valence-electron chi connectivity index (χ4n) is 1.45. The zero-order valence-corrected chi connectivity index (χ0v) is 10.6. The molecule has 0 aliphatic rings. The van der Waals surface area contributed by atoms with Gasteiger partial charge in [0.15, 0.2) is 0 Å². The monoisotopic (exact) mass is 227 g/mol. The van der Waals surface area contributed by atoms with E-state index in [4.69, 9.17) is 5.73 Å². The minimum absolute atomic E-state index is 0.493. The summed E-state index contributed by atoms with van der Waals surface area (Å²) in [5.74, 6) is 1.03. The van der Waals surface area contributed by atoms with E-state index in [1.54, 1.807) is 0 Å². The molecule has 15 heavy (non-hydrogen) atoms. The Hall–Kier alpha value is -0.480. The molecule has 1 rings (SSSR count). The molecule has 0 aliphatic carbocycles. The Bertz CT molecular complexity index is 283. The molecule has 0 saturated heterocycles. The van der Waals surface area contributed by atoms with Gasteiger partial charge in [0.2, 0.25) is 0 Å².